The summed E-state index contributed by atoms with van der Waals surface area (Å²) in [6.45, 7) is 3.85. The van der Waals surface area contributed by atoms with Crippen molar-refractivity contribution in [3.63, 3.8) is 0 Å². The summed E-state index contributed by atoms with van der Waals surface area (Å²) in [5.74, 6) is -8.89. The number of aromatic amines is 2. The zero-order valence-electron chi connectivity index (χ0n) is 24.6. The number of benzene rings is 2. The number of H-pyrrole nitrogens is 2. The lowest BCUT2D eigenvalue weighted by atomic mass is 10.1. The van der Waals surface area contributed by atoms with Crippen LogP contribution < -0.4 is 21.5 Å². The first kappa shape index (κ1) is 33.5. The molecule has 0 fully saturated rings. The highest BCUT2D eigenvalue weighted by atomic mass is 32.2. The van der Waals surface area contributed by atoms with Crippen LogP contribution in [0.15, 0.2) is 60.9 Å². The molecule has 2 aromatic heterocycles. The predicted molar refractivity (Wildman–Crippen MR) is 168 cm³/mol. The molecule has 0 aliphatic heterocycles. The maximum Gasteiger partial charge on any atom is 0.253 e. The third-order valence-electron chi connectivity index (χ3n) is 6.14. The molecular formula is C28H30N8O8S2. The molecule has 4 amide bonds. The Hall–Kier alpha value is -5.36. The number of nitrogens with zero attached hydrogens (tertiary/aromatic N) is 2. The summed E-state index contributed by atoms with van der Waals surface area (Å²) in [6.07, 6.45) is 2.91. The molecule has 16 nitrogen and oxygen atoms in total. The van der Waals surface area contributed by atoms with E-state index in [0.717, 1.165) is 22.3 Å². The number of amides is 4. The molecule has 2 aromatic carbocycles. The number of aryl methyl sites for hydroxylation is 2. The van der Waals surface area contributed by atoms with E-state index in [4.69, 9.17) is 0 Å². The van der Waals surface area contributed by atoms with Gasteiger partial charge in [0.2, 0.25) is 23.7 Å². The van der Waals surface area contributed by atoms with Crippen molar-refractivity contribution < 1.29 is 36.0 Å². The molecule has 4 aromatic rings. The number of hydrogen-bond donors (Lipinski definition) is 6. The van der Waals surface area contributed by atoms with Crippen LogP contribution in [0, 0.1) is 13.8 Å². The number of imidazole rings is 2. The van der Waals surface area contributed by atoms with Crippen LogP contribution in [0.1, 0.15) is 11.1 Å². The van der Waals surface area contributed by atoms with Crippen LogP contribution in [0.25, 0.3) is 22.5 Å². The van der Waals surface area contributed by atoms with Crippen molar-refractivity contribution in [3.8, 4) is 22.5 Å². The first-order chi connectivity index (χ1) is 21.7. The van der Waals surface area contributed by atoms with Gasteiger partial charge >= 0.3 is 0 Å². The van der Waals surface area contributed by atoms with E-state index in [0.29, 0.717) is 11.4 Å². The molecule has 0 saturated carbocycles. The number of nitrogens with one attached hydrogen (secondary N) is 6. The summed E-state index contributed by atoms with van der Waals surface area (Å²) < 4.78 is 49.3. The number of hydrogen-bond acceptors (Lipinski definition) is 10. The monoisotopic (exact) mass is 670 g/mol. The molecule has 0 aliphatic carbocycles. The predicted octanol–water partition coefficient (Wildman–Crippen LogP) is 0.638. The highest BCUT2D eigenvalue weighted by Gasteiger charge is 2.24. The standard InChI is InChI=1S/C28H30N8O8S2/c1-17-3-7-19(8-4-17)21-11-29-27(31-21)33-23(37)13-45(41,42)15-25(39)35-36-26(40)16-46(43,44)14-24(38)34-28-30-12-22(32-28)20-9-5-18(2)6-10-20/h3-12H,13-16H2,1-2H3,(H,35,39)(H,36,40)(H2,29,31,33,37)(H2,30,32,34,38). The summed E-state index contributed by atoms with van der Waals surface area (Å²) in [5, 5.41) is 4.60. The average Bonchev–Trinajstić information content (AvgIpc) is 3.61. The first-order valence-corrected chi connectivity index (χ1v) is 17.1. The fourth-order valence-corrected chi connectivity index (χ4v) is 6.07. The molecule has 0 saturated heterocycles. The molecule has 2 heterocycles. The largest absolute Gasteiger partial charge is 0.324 e. The minimum Gasteiger partial charge on any atom is -0.324 e. The Morgan fingerprint density at radius 1 is 0.565 bits per heavy atom. The third-order valence-corrected chi connectivity index (χ3v) is 8.95. The Morgan fingerprint density at radius 3 is 1.24 bits per heavy atom. The molecule has 0 radical (unpaired) electrons. The second-order valence-electron chi connectivity index (χ2n) is 10.3. The summed E-state index contributed by atoms with van der Waals surface area (Å²) in [7, 11) is -8.59. The van der Waals surface area contributed by atoms with E-state index >= 15 is 0 Å². The van der Waals surface area contributed by atoms with E-state index in [1.807, 2.05) is 62.4 Å². The van der Waals surface area contributed by atoms with Crippen LogP contribution >= 0.6 is 0 Å². The minimum absolute atomic E-state index is 0.00135. The van der Waals surface area contributed by atoms with E-state index in [1.54, 1.807) is 10.9 Å². The summed E-state index contributed by atoms with van der Waals surface area (Å²) in [5.41, 5.74) is 8.41. The molecule has 242 valence electrons. The number of hydrazine groups is 1. The van der Waals surface area contributed by atoms with Crippen molar-refractivity contribution in [1.82, 2.24) is 30.8 Å². The highest BCUT2D eigenvalue weighted by molar-refractivity contribution is 7.93. The van der Waals surface area contributed by atoms with Gasteiger partial charge in [0.15, 0.2) is 19.7 Å². The van der Waals surface area contributed by atoms with Crippen LogP contribution in [0.2, 0.25) is 0 Å². The zero-order chi connectivity index (χ0) is 33.5. The number of carbonyl (C=O) groups excluding carboxylic acids is 4. The van der Waals surface area contributed by atoms with E-state index in [1.165, 1.54) is 12.4 Å². The van der Waals surface area contributed by atoms with Crippen LogP contribution in [-0.2, 0) is 38.9 Å². The lowest BCUT2D eigenvalue weighted by molar-refractivity contribution is -0.126. The average molecular weight is 671 g/mol. The third kappa shape index (κ3) is 10.1. The maximum atomic E-state index is 12.3. The fourth-order valence-electron chi connectivity index (χ4n) is 3.98. The van der Waals surface area contributed by atoms with Crippen molar-refractivity contribution in [3.05, 3.63) is 72.1 Å². The molecule has 0 atom stereocenters. The van der Waals surface area contributed by atoms with Crippen molar-refractivity contribution in [2.24, 2.45) is 0 Å². The van der Waals surface area contributed by atoms with Crippen molar-refractivity contribution in [2.75, 3.05) is 33.6 Å². The lowest BCUT2D eigenvalue weighted by Crippen LogP contribution is -2.47. The summed E-state index contributed by atoms with van der Waals surface area (Å²) in [6, 6.07) is 14.9. The molecule has 18 heteroatoms. The van der Waals surface area contributed by atoms with E-state index in [2.05, 4.69) is 30.6 Å². The Balaban J connectivity index is 1.18. The fraction of sp³-hybridized carbons (Fsp3) is 0.214. The van der Waals surface area contributed by atoms with Crippen molar-refractivity contribution >= 4 is 55.2 Å². The van der Waals surface area contributed by atoms with Gasteiger partial charge in [0.25, 0.3) is 11.8 Å². The van der Waals surface area contributed by atoms with Gasteiger partial charge in [0.05, 0.1) is 23.8 Å². The first-order valence-electron chi connectivity index (χ1n) is 13.5. The van der Waals surface area contributed by atoms with E-state index in [9.17, 15) is 36.0 Å². The molecule has 0 unspecified atom stereocenters. The maximum absolute atomic E-state index is 12.3. The van der Waals surface area contributed by atoms with Gasteiger partial charge in [-0.05, 0) is 25.0 Å². The molecule has 0 aliphatic rings. The van der Waals surface area contributed by atoms with E-state index in [-0.39, 0.29) is 11.9 Å². The molecular weight excluding hydrogens is 640 g/mol. The highest BCUT2D eigenvalue weighted by Crippen LogP contribution is 2.20. The van der Waals surface area contributed by atoms with Gasteiger partial charge in [-0.3, -0.25) is 40.7 Å². The van der Waals surface area contributed by atoms with E-state index < -0.39 is 66.3 Å². The van der Waals surface area contributed by atoms with Crippen LogP contribution in [0.5, 0.6) is 0 Å². The van der Waals surface area contributed by atoms with Gasteiger partial charge in [0, 0.05) is 0 Å². The molecule has 4 rings (SSSR count). The summed E-state index contributed by atoms with van der Waals surface area (Å²) in [4.78, 5) is 62.3. The van der Waals surface area contributed by atoms with Gasteiger partial charge < -0.3 is 9.97 Å². The summed E-state index contributed by atoms with van der Waals surface area (Å²) >= 11 is 0. The number of carbonyl (C=O) groups is 4. The minimum atomic E-state index is -4.29. The van der Waals surface area contributed by atoms with Gasteiger partial charge in [-0.2, -0.15) is 0 Å². The Labute approximate surface area is 263 Å². The zero-order valence-corrected chi connectivity index (χ0v) is 26.2. The number of anilines is 2. The lowest BCUT2D eigenvalue weighted by Gasteiger charge is -2.09. The normalized spacial score (nSPS) is 11.4. The number of aromatic nitrogens is 4. The Morgan fingerprint density at radius 2 is 0.891 bits per heavy atom. The van der Waals surface area contributed by atoms with Crippen LogP contribution in [-0.4, -0.2) is 83.4 Å². The topological polar surface area (TPSA) is 242 Å². The second kappa shape index (κ2) is 14.2. The molecule has 6 N–H and O–H groups in total. The number of rotatable bonds is 12. The van der Waals surface area contributed by atoms with Gasteiger partial charge in [-0.25, -0.2) is 26.8 Å². The molecule has 0 spiro atoms. The quantitative estimate of drug-likeness (QED) is 0.115. The van der Waals surface area contributed by atoms with Gasteiger partial charge in [-0.15, -0.1) is 0 Å². The van der Waals surface area contributed by atoms with Crippen molar-refractivity contribution in [1.29, 1.82) is 0 Å². The van der Waals surface area contributed by atoms with Crippen molar-refractivity contribution in [2.45, 2.75) is 13.8 Å². The molecule has 0 bridgehead atoms. The second-order valence-corrected chi connectivity index (χ2v) is 14.4. The van der Waals surface area contributed by atoms with Gasteiger partial charge in [0.1, 0.15) is 23.0 Å². The van der Waals surface area contributed by atoms with Crippen LogP contribution in [0.4, 0.5) is 11.9 Å². The Kier molecular flexibility index (Phi) is 10.3. The SMILES string of the molecule is Cc1ccc(-c2cnc(NC(=O)CS(=O)(=O)CC(=O)NNC(=O)CS(=O)(=O)CC(=O)Nc3ncc(-c4ccc(C)cc4)[nH]3)[nH]2)cc1. The number of sulfone groups is 2. The Bertz CT molecular complexity index is 1820. The molecule has 46 heavy (non-hydrogen) atoms. The van der Waals surface area contributed by atoms with Gasteiger partial charge in [-0.1, -0.05) is 59.7 Å². The smallest absolute Gasteiger partial charge is 0.253 e. The van der Waals surface area contributed by atoms with Crippen LogP contribution in [0.3, 0.4) is 0 Å².